The summed E-state index contributed by atoms with van der Waals surface area (Å²) in [7, 11) is 0. The largest absolute Gasteiger partial charge is 0.377 e. The van der Waals surface area contributed by atoms with Gasteiger partial charge in [0.2, 0.25) is 0 Å². The number of nitrogens with two attached hydrogens (primary N) is 1. The van der Waals surface area contributed by atoms with E-state index in [1.165, 1.54) is 36.8 Å². The summed E-state index contributed by atoms with van der Waals surface area (Å²) in [6.07, 6.45) is 6.55. The molecule has 0 bridgehead atoms. The van der Waals surface area contributed by atoms with Crippen molar-refractivity contribution < 1.29 is 4.74 Å². The summed E-state index contributed by atoms with van der Waals surface area (Å²) in [6.45, 7) is 5.10. The zero-order valence-corrected chi connectivity index (χ0v) is 12.3. The van der Waals surface area contributed by atoms with E-state index in [1.807, 2.05) is 0 Å². The Bertz CT molecular complexity index is 369. The van der Waals surface area contributed by atoms with Gasteiger partial charge in [-0.05, 0) is 36.8 Å². The van der Waals surface area contributed by atoms with Gasteiger partial charge in [-0.15, -0.1) is 0 Å². The van der Waals surface area contributed by atoms with Gasteiger partial charge in [0.25, 0.3) is 0 Å². The Labute approximate surface area is 117 Å². The molecule has 106 valence electrons. The monoisotopic (exact) mass is 261 g/mol. The SMILES string of the molecule is CCc1ccc(C(N)C(C)OCCC2CCC2)cc1. The van der Waals surface area contributed by atoms with Crippen LogP contribution in [0.4, 0.5) is 0 Å². The minimum Gasteiger partial charge on any atom is -0.377 e. The lowest BCUT2D eigenvalue weighted by atomic mass is 9.83. The highest BCUT2D eigenvalue weighted by Gasteiger charge is 2.19. The van der Waals surface area contributed by atoms with Crippen molar-refractivity contribution in [1.82, 2.24) is 0 Å². The van der Waals surface area contributed by atoms with Gasteiger partial charge < -0.3 is 10.5 Å². The van der Waals surface area contributed by atoms with Crippen LogP contribution in [0.3, 0.4) is 0 Å². The maximum Gasteiger partial charge on any atom is 0.0739 e. The number of hydrogen-bond acceptors (Lipinski definition) is 2. The van der Waals surface area contributed by atoms with E-state index in [-0.39, 0.29) is 12.1 Å². The molecule has 0 radical (unpaired) electrons. The highest BCUT2D eigenvalue weighted by Crippen LogP contribution is 2.29. The van der Waals surface area contributed by atoms with Crippen LogP contribution in [0.15, 0.2) is 24.3 Å². The smallest absolute Gasteiger partial charge is 0.0739 e. The van der Waals surface area contributed by atoms with Gasteiger partial charge in [0.05, 0.1) is 12.1 Å². The first kappa shape index (κ1) is 14.5. The van der Waals surface area contributed by atoms with Crippen LogP contribution >= 0.6 is 0 Å². The van der Waals surface area contributed by atoms with Gasteiger partial charge in [-0.3, -0.25) is 0 Å². The first-order valence-electron chi connectivity index (χ1n) is 7.66. The summed E-state index contributed by atoms with van der Waals surface area (Å²) in [5, 5.41) is 0. The minimum absolute atomic E-state index is 0.0210. The van der Waals surface area contributed by atoms with E-state index in [2.05, 4.69) is 38.1 Å². The van der Waals surface area contributed by atoms with Gasteiger partial charge in [0.15, 0.2) is 0 Å². The highest BCUT2D eigenvalue weighted by atomic mass is 16.5. The molecular formula is C17H27NO. The molecule has 1 aromatic rings. The van der Waals surface area contributed by atoms with Crippen molar-refractivity contribution >= 4 is 0 Å². The van der Waals surface area contributed by atoms with Crippen molar-refractivity contribution in [2.24, 2.45) is 11.7 Å². The molecule has 1 aliphatic carbocycles. The molecule has 2 nitrogen and oxygen atoms in total. The molecule has 0 saturated heterocycles. The summed E-state index contributed by atoms with van der Waals surface area (Å²) in [5.41, 5.74) is 8.80. The molecule has 2 atom stereocenters. The Balaban J connectivity index is 1.77. The van der Waals surface area contributed by atoms with Crippen molar-refractivity contribution in [2.45, 2.75) is 58.1 Å². The van der Waals surface area contributed by atoms with Crippen LogP contribution in [0, 0.1) is 5.92 Å². The second kappa shape index (κ2) is 7.06. The summed E-state index contributed by atoms with van der Waals surface area (Å²) in [6, 6.07) is 8.57. The van der Waals surface area contributed by atoms with Crippen molar-refractivity contribution in [2.75, 3.05) is 6.61 Å². The molecule has 1 saturated carbocycles. The van der Waals surface area contributed by atoms with Gasteiger partial charge in [-0.2, -0.15) is 0 Å². The molecule has 0 aromatic heterocycles. The van der Waals surface area contributed by atoms with Crippen LogP contribution in [-0.4, -0.2) is 12.7 Å². The second-order valence-electron chi connectivity index (χ2n) is 5.78. The third-order valence-electron chi connectivity index (χ3n) is 4.41. The molecule has 0 heterocycles. The normalized spacial score (nSPS) is 18.9. The van der Waals surface area contributed by atoms with E-state index >= 15 is 0 Å². The first-order valence-corrected chi connectivity index (χ1v) is 7.66. The Hall–Kier alpha value is -0.860. The highest BCUT2D eigenvalue weighted by molar-refractivity contribution is 5.25. The number of rotatable bonds is 7. The predicted molar refractivity (Wildman–Crippen MR) is 80.1 cm³/mol. The average molecular weight is 261 g/mol. The van der Waals surface area contributed by atoms with Crippen LogP contribution in [0.5, 0.6) is 0 Å². The Morgan fingerprint density at radius 3 is 2.47 bits per heavy atom. The van der Waals surface area contributed by atoms with Crippen LogP contribution in [0.1, 0.15) is 56.7 Å². The lowest BCUT2D eigenvalue weighted by Gasteiger charge is -2.27. The number of aryl methyl sites for hydroxylation is 1. The first-order chi connectivity index (χ1) is 9.20. The van der Waals surface area contributed by atoms with Crippen molar-refractivity contribution in [3.05, 3.63) is 35.4 Å². The third-order valence-corrected chi connectivity index (χ3v) is 4.41. The van der Waals surface area contributed by atoms with Crippen LogP contribution in [0.25, 0.3) is 0 Å². The molecule has 19 heavy (non-hydrogen) atoms. The zero-order valence-electron chi connectivity index (χ0n) is 12.3. The van der Waals surface area contributed by atoms with Gasteiger partial charge >= 0.3 is 0 Å². The fourth-order valence-corrected chi connectivity index (χ4v) is 2.55. The van der Waals surface area contributed by atoms with E-state index in [0.29, 0.717) is 0 Å². The summed E-state index contributed by atoms with van der Waals surface area (Å²) in [5.74, 6) is 0.910. The molecule has 2 heteroatoms. The Morgan fingerprint density at radius 1 is 1.26 bits per heavy atom. The van der Waals surface area contributed by atoms with E-state index in [1.54, 1.807) is 0 Å². The predicted octanol–water partition coefficient (Wildman–Crippen LogP) is 3.84. The third kappa shape index (κ3) is 4.05. The van der Waals surface area contributed by atoms with Crippen molar-refractivity contribution in [1.29, 1.82) is 0 Å². The lowest BCUT2D eigenvalue weighted by Crippen LogP contribution is -2.27. The number of benzene rings is 1. The molecule has 0 amide bonds. The zero-order chi connectivity index (χ0) is 13.7. The van der Waals surface area contributed by atoms with Crippen LogP contribution in [0.2, 0.25) is 0 Å². The van der Waals surface area contributed by atoms with Gasteiger partial charge in [0.1, 0.15) is 0 Å². The fraction of sp³-hybridized carbons (Fsp3) is 0.647. The maximum atomic E-state index is 6.27. The van der Waals surface area contributed by atoms with Crippen LogP contribution < -0.4 is 5.73 Å². The lowest BCUT2D eigenvalue weighted by molar-refractivity contribution is 0.0335. The standard InChI is InChI=1S/C17H27NO/c1-3-14-7-9-16(10-8-14)17(18)13(2)19-12-11-15-5-4-6-15/h7-10,13,15,17H,3-6,11-12,18H2,1-2H3. The Morgan fingerprint density at radius 2 is 1.95 bits per heavy atom. The van der Waals surface area contributed by atoms with Crippen LogP contribution in [-0.2, 0) is 11.2 Å². The molecule has 1 aromatic carbocycles. The molecule has 1 aliphatic rings. The fourth-order valence-electron chi connectivity index (χ4n) is 2.55. The van der Waals surface area contributed by atoms with Gasteiger partial charge in [-0.25, -0.2) is 0 Å². The van der Waals surface area contributed by atoms with E-state index in [0.717, 1.165) is 18.9 Å². The molecule has 2 unspecified atom stereocenters. The van der Waals surface area contributed by atoms with Gasteiger partial charge in [0, 0.05) is 6.61 Å². The van der Waals surface area contributed by atoms with E-state index < -0.39 is 0 Å². The molecule has 1 fully saturated rings. The molecule has 0 aliphatic heterocycles. The number of ether oxygens (including phenoxy) is 1. The van der Waals surface area contributed by atoms with Gasteiger partial charge in [-0.1, -0.05) is 50.5 Å². The van der Waals surface area contributed by atoms with Crippen molar-refractivity contribution in [3.8, 4) is 0 Å². The summed E-state index contributed by atoms with van der Waals surface area (Å²) < 4.78 is 5.90. The maximum absolute atomic E-state index is 6.27. The summed E-state index contributed by atoms with van der Waals surface area (Å²) >= 11 is 0. The summed E-state index contributed by atoms with van der Waals surface area (Å²) in [4.78, 5) is 0. The number of hydrogen-bond donors (Lipinski definition) is 1. The quantitative estimate of drug-likeness (QED) is 0.809. The Kier molecular flexibility index (Phi) is 5.41. The van der Waals surface area contributed by atoms with Crippen molar-refractivity contribution in [3.63, 3.8) is 0 Å². The molecular weight excluding hydrogens is 234 g/mol. The van der Waals surface area contributed by atoms with E-state index in [4.69, 9.17) is 10.5 Å². The topological polar surface area (TPSA) is 35.2 Å². The second-order valence-corrected chi connectivity index (χ2v) is 5.78. The minimum atomic E-state index is -0.0210. The molecule has 2 N–H and O–H groups in total. The molecule has 2 rings (SSSR count). The molecule has 0 spiro atoms. The van der Waals surface area contributed by atoms with E-state index in [9.17, 15) is 0 Å². The average Bonchev–Trinajstić information content (AvgIpc) is 2.40.